The lowest BCUT2D eigenvalue weighted by atomic mass is 10.1. The van der Waals surface area contributed by atoms with E-state index in [2.05, 4.69) is 6.92 Å². The molecular formula is C21H44O5SSi. The summed E-state index contributed by atoms with van der Waals surface area (Å²) >= 11 is 1.34. The van der Waals surface area contributed by atoms with E-state index in [1.54, 1.807) is 0 Å². The predicted molar refractivity (Wildman–Crippen MR) is 121 cm³/mol. The van der Waals surface area contributed by atoms with Crippen LogP contribution in [0.3, 0.4) is 0 Å². The van der Waals surface area contributed by atoms with Crippen LogP contribution in [0.2, 0.25) is 6.04 Å². The Hall–Kier alpha value is 0.0769. The summed E-state index contributed by atoms with van der Waals surface area (Å²) in [6, 6.07) is 0.752. The van der Waals surface area contributed by atoms with E-state index >= 15 is 0 Å². The molecule has 0 unspecified atom stereocenters. The quantitative estimate of drug-likeness (QED) is 0.166. The number of thioether (sulfide) groups is 1. The lowest BCUT2D eigenvalue weighted by Crippen LogP contribution is -2.46. The van der Waals surface area contributed by atoms with E-state index in [-0.39, 0.29) is 11.7 Å². The van der Waals surface area contributed by atoms with Crippen LogP contribution in [0.4, 0.5) is 0 Å². The van der Waals surface area contributed by atoms with Crippen LogP contribution in [0.1, 0.15) is 85.5 Å². The fraction of sp³-hybridized carbons (Fsp3) is 0.952. The highest BCUT2D eigenvalue weighted by Gasteiger charge is 2.39. The zero-order valence-electron chi connectivity index (χ0n) is 18.8. The third-order valence-electron chi connectivity index (χ3n) is 4.35. The van der Waals surface area contributed by atoms with Gasteiger partial charge in [-0.15, -0.1) is 0 Å². The van der Waals surface area contributed by atoms with Crippen molar-refractivity contribution in [2.24, 2.45) is 0 Å². The van der Waals surface area contributed by atoms with Crippen LogP contribution < -0.4 is 0 Å². The van der Waals surface area contributed by atoms with E-state index in [0.29, 0.717) is 26.4 Å². The van der Waals surface area contributed by atoms with Gasteiger partial charge in [-0.2, -0.15) is 0 Å². The van der Waals surface area contributed by atoms with E-state index in [0.717, 1.165) is 24.6 Å². The normalized spacial score (nSPS) is 11.9. The van der Waals surface area contributed by atoms with Crippen molar-refractivity contribution in [3.63, 3.8) is 0 Å². The molecule has 0 radical (unpaired) electrons. The maximum Gasteiger partial charge on any atom is 0.500 e. The SMILES string of the molecule is CCCCCCCCCCOCC(=O)SCCC[Si](OCC)(OCC)OCC. The second-order valence-corrected chi connectivity index (χ2v) is 10.7. The molecule has 7 heteroatoms. The Balaban J connectivity index is 3.70. The van der Waals surface area contributed by atoms with Gasteiger partial charge >= 0.3 is 8.80 Å². The molecular weight excluding hydrogens is 392 g/mol. The molecule has 0 aliphatic rings. The highest BCUT2D eigenvalue weighted by molar-refractivity contribution is 8.13. The van der Waals surface area contributed by atoms with Crippen molar-refractivity contribution >= 4 is 25.7 Å². The van der Waals surface area contributed by atoms with E-state index in [1.165, 1.54) is 56.7 Å². The molecule has 0 fully saturated rings. The van der Waals surface area contributed by atoms with Gasteiger partial charge in [-0.25, -0.2) is 0 Å². The van der Waals surface area contributed by atoms with Crippen molar-refractivity contribution in [2.45, 2.75) is 91.5 Å². The van der Waals surface area contributed by atoms with Crippen LogP contribution in [-0.4, -0.2) is 52.7 Å². The fourth-order valence-electron chi connectivity index (χ4n) is 3.01. The number of carbonyl (C=O) groups is 1. The lowest BCUT2D eigenvalue weighted by molar-refractivity contribution is -0.115. The first kappa shape index (κ1) is 28.1. The smallest absolute Gasteiger partial charge is 0.374 e. The van der Waals surface area contributed by atoms with Crippen molar-refractivity contribution < 1.29 is 22.8 Å². The summed E-state index contributed by atoms with van der Waals surface area (Å²) in [4.78, 5) is 11.9. The zero-order valence-corrected chi connectivity index (χ0v) is 20.6. The van der Waals surface area contributed by atoms with Gasteiger partial charge in [0.2, 0.25) is 5.12 Å². The Kier molecular flexibility index (Phi) is 20.4. The van der Waals surface area contributed by atoms with Gasteiger partial charge in [0.05, 0.1) is 0 Å². The van der Waals surface area contributed by atoms with Crippen LogP contribution in [0.25, 0.3) is 0 Å². The summed E-state index contributed by atoms with van der Waals surface area (Å²) in [7, 11) is -2.58. The Morgan fingerprint density at radius 3 is 1.82 bits per heavy atom. The molecule has 5 nitrogen and oxygen atoms in total. The summed E-state index contributed by atoms with van der Waals surface area (Å²) < 4.78 is 23.0. The molecule has 0 saturated carbocycles. The van der Waals surface area contributed by atoms with Crippen molar-refractivity contribution in [3.8, 4) is 0 Å². The van der Waals surface area contributed by atoms with Crippen molar-refractivity contribution in [1.82, 2.24) is 0 Å². The third kappa shape index (κ3) is 15.9. The highest BCUT2D eigenvalue weighted by Crippen LogP contribution is 2.20. The molecule has 0 amide bonds. The molecule has 0 rings (SSSR count). The van der Waals surface area contributed by atoms with Gasteiger partial charge in [0.1, 0.15) is 6.61 Å². The Morgan fingerprint density at radius 1 is 0.750 bits per heavy atom. The van der Waals surface area contributed by atoms with Gasteiger partial charge in [-0.05, 0) is 33.6 Å². The molecule has 28 heavy (non-hydrogen) atoms. The number of hydrogen-bond donors (Lipinski definition) is 0. The largest absolute Gasteiger partial charge is 0.500 e. The number of carbonyl (C=O) groups excluding carboxylic acids is 1. The molecule has 0 spiro atoms. The molecule has 0 bridgehead atoms. The molecule has 0 heterocycles. The molecule has 0 aliphatic heterocycles. The van der Waals surface area contributed by atoms with Crippen LogP contribution in [0, 0.1) is 0 Å². The van der Waals surface area contributed by atoms with E-state index in [4.69, 9.17) is 18.0 Å². The highest BCUT2D eigenvalue weighted by atomic mass is 32.2. The van der Waals surface area contributed by atoms with E-state index < -0.39 is 8.80 Å². The molecule has 0 aromatic carbocycles. The predicted octanol–water partition coefficient (Wildman–Crippen LogP) is 5.84. The number of unbranched alkanes of at least 4 members (excludes halogenated alkanes) is 7. The van der Waals surface area contributed by atoms with Gasteiger partial charge in [0.25, 0.3) is 0 Å². The third-order valence-corrected chi connectivity index (χ3v) is 8.43. The Labute approximate surface area is 179 Å². The lowest BCUT2D eigenvalue weighted by Gasteiger charge is -2.28. The molecule has 0 aromatic heterocycles. The maximum absolute atomic E-state index is 11.9. The zero-order chi connectivity index (χ0) is 20.9. The minimum absolute atomic E-state index is 0.107. The minimum Gasteiger partial charge on any atom is -0.374 e. The first-order valence-electron chi connectivity index (χ1n) is 11.3. The van der Waals surface area contributed by atoms with Gasteiger partial charge in [0, 0.05) is 38.2 Å². The standard InChI is InChI=1S/C21H44O5SSi/c1-5-9-10-11-12-13-14-15-17-23-20-21(22)27-18-16-19-28(24-6-2,25-7-3)26-8-4/h5-20H2,1-4H3. The first-order chi connectivity index (χ1) is 13.6. The summed E-state index contributed by atoms with van der Waals surface area (Å²) in [5, 5.41) is 0.107. The average molecular weight is 437 g/mol. The van der Waals surface area contributed by atoms with Crippen LogP contribution in [-0.2, 0) is 22.8 Å². The van der Waals surface area contributed by atoms with Crippen LogP contribution in [0.5, 0.6) is 0 Å². The van der Waals surface area contributed by atoms with Crippen LogP contribution >= 0.6 is 11.8 Å². The minimum atomic E-state index is -2.58. The van der Waals surface area contributed by atoms with Gasteiger partial charge in [-0.1, -0.05) is 63.6 Å². The monoisotopic (exact) mass is 436 g/mol. The molecule has 0 aromatic rings. The number of rotatable bonds is 21. The van der Waals surface area contributed by atoms with Gasteiger partial charge < -0.3 is 18.0 Å². The second kappa shape index (κ2) is 20.4. The van der Waals surface area contributed by atoms with Gasteiger partial charge in [0.15, 0.2) is 0 Å². The topological polar surface area (TPSA) is 54.0 Å². The Morgan fingerprint density at radius 2 is 1.29 bits per heavy atom. The number of hydrogen-bond acceptors (Lipinski definition) is 6. The van der Waals surface area contributed by atoms with Crippen molar-refractivity contribution in [2.75, 3.05) is 38.8 Å². The number of ether oxygens (including phenoxy) is 1. The molecule has 0 aliphatic carbocycles. The molecule has 168 valence electrons. The summed E-state index contributed by atoms with van der Waals surface area (Å²) in [6.07, 6.45) is 11.1. The molecule has 0 saturated heterocycles. The summed E-state index contributed by atoms with van der Waals surface area (Å²) in [5.74, 6) is 0.752. The first-order valence-corrected chi connectivity index (χ1v) is 14.2. The van der Waals surface area contributed by atoms with Crippen LogP contribution in [0.15, 0.2) is 0 Å². The van der Waals surface area contributed by atoms with E-state index in [9.17, 15) is 4.79 Å². The van der Waals surface area contributed by atoms with E-state index in [1.807, 2.05) is 20.8 Å². The molecule has 0 atom stereocenters. The van der Waals surface area contributed by atoms with Crippen molar-refractivity contribution in [3.05, 3.63) is 0 Å². The maximum atomic E-state index is 11.9. The van der Waals surface area contributed by atoms with Crippen molar-refractivity contribution in [1.29, 1.82) is 0 Å². The average Bonchev–Trinajstić information content (AvgIpc) is 2.67. The Bertz CT molecular complexity index is 341. The van der Waals surface area contributed by atoms with Gasteiger partial charge in [-0.3, -0.25) is 4.79 Å². The summed E-state index contributed by atoms with van der Waals surface area (Å²) in [6.45, 7) is 10.8. The summed E-state index contributed by atoms with van der Waals surface area (Å²) in [5.41, 5.74) is 0. The fourth-order valence-corrected chi connectivity index (χ4v) is 6.56. The molecule has 0 N–H and O–H groups in total. The second-order valence-electron chi connectivity index (χ2n) is 6.83.